The van der Waals surface area contributed by atoms with Gasteiger partial charge in [0.15, 0.2) is 34.5 Å². The molecule has 9 rings (SSSR count). The smallest absolute Gasteiger partial charge is 0.260 e. The number of benzene rings is 4. The summed E-state index contributed by atoms with van der Waals surface area (Å²) in [5.41, 5.74) is 12.5. The average Bonchev–Trinajstić information content (AvgIpc) is 3.94. The Morgan fingerprint density at radius 3 is 1.76 bits per heavy atom. The van der Waals surface area contributed by atoms with Crippen molar-refractivity contribution in [3.63, 3.8) is 0 Å². The summed E-state index contributed by atoms with van der Waals surface area (Å²) in [6, 6.07) is 19.8. The Bertz CT molecular complexity index is 2350. The van der Waals surface area contributed by atoms with Crippen molar-refractivity contribution < 1.29 is 38.0 Å². The monoisotopic (exact) mass is 739 g/mol. The standard InChI is InChI=1S/C42H37N5O8/c1-50-36-15-31-33(44-19-29-12-26(21-46(29)41(31)48)24-4-7-28(43)8-5-24)17-39(36)52-10-3-11-53-40-18-34-32(16-37(40)51-2)42(49)47-22-27(13-30(47)20-45-34)25-6-9-35-38(14-25)55-23-54-35/h4-9,14-22,29-30H,3,10-13,23,43H2,1-2H3. The zero-order valence-electron chi connectivity index (χ0n) is 30.2. The maximum absolute atomic E-state index is 13.8. The van der Waals surface area contributed by atoms with Gasteiger partial charge in [0.25, 0.3) is 11.8 Å². The molecule has 0 fully saturated rings. The molecular weight excluding hydrogens is 702 g/mol. The van der Waals surface area contributed by atoms with Crippen molar-refractivity contribution in [1.82, 2.24) is 9.80 Å². The number of anilines is 1. The Labute approximate surface area is 316 Å². The number of hydrogen-bond acceptors (Lipinski definition) is 11. The lowest BCUT2D eigenvalue weighted by molar-refractivity contribution is 0.0809. The summed E-state index contributed by atoms with van der Waals surface area (Å²) in [6.45, 7) is 0.799. The summed E-state index contributed by atoms with van der Waals surface area (Å²) in [5.74, 6) is 2.86. The van der Waals surface area contributed by atoms with Crippen LogP contribution in [0.2, 0.25) is 0 Å². The summed E-state index contributed by atoms with van der Waals surface area (Å²) in [6.07, 6.45) is 9.15. The fourth-order valence-electron chi connectivity index (χ4n) is 7.36. The lowest BCUT2D eigenvalue weighted by Crippen LogP contribution is -2.32. The summed E-state index contributed by atoms with van der Waals surface area (Å²) in [7, 11) is 3.08. The van der Waals surface area contributed by atoms with Crippen LogP contribution in [0.15, 0.2) is 89.1 Å². The molecule has 0 radical (unpaired) electrons. The van der Waals surface area contributed by atoms with Gasteiger partial charge in [0.2, 0.25) is 6.79 Å². The predicted molar refractivity (Wildman–Crippen MR) is 206 cm³/mol. The lowest BCUT2D eigenvalue weighted by atomic mass is 10.0. The number of aliphatic imine (C=N–C) groups is 2. The van der Waals surface area contributed by atoms with Gasteiger partial charge in [-0.25, -0.2) is 0 Å². The Balaban J connectivity index is 0.844. The van der Waals surface area contributed by atoms with E-state index in [-0.39, 0.29) is 30.7 Å². The summed E-state index contributed by atoms with van der Waals surface area (Å²) >= 11 is 0. The van der Waals surface area contributed by atoms with Crippen molar-refractivity contribution in [2.24, 2.45) is 9.98 Å². The number of carbonyl (C=O) groups excluding carboxylic acids is 2. The van der Waals surface area contributed by atoms with E-state index in [1.54, 1.807) is 46.5 Å². The third-order valence-electron chi connectivity index (χ3n) is 10.3. The minimum atomic E-state index is -0.233. The number of nitrogen functional groups attached to an aromatic ring is 1. The maximum Gasteiger partial charge on any atom is 0.260 e. The van der Waals surface area contributed by atoms with E-state index in [0.29, 0.717) is 95.2 Å². The van der Waals surface area contributed by atoms with Crippen LogP contribution in [0.3, 0.4) is 0 Å². The first-order chi connectivity index (χ1) is 26.9. The van der Waals surface area contributed by atoms with Crippen LogP contribution in [0.4, 0.5) is 17.1 Å². The highest BCUT2D eigenvalue weighted by Gasteiger charge is 2.35. The van der Waals surface area contributed by atoms with Crippen molar-refractivity contribution in [2.45, 2.75) is 31.3 Å². The van der Waals surface area contributed by atoms with Crippen molar-refractivity contribution in [3.05, 3.63) is 101 Å². The van der Waals surface area contributed by atoms with Crippen LogP contribution in [-0.4, -0.2) is 80.4 Å². The number of ether oxygens (including phenoxy) is 6. The SMILES string of the molecule is COc1cc2c(cc1OCCCOc1cc3c(cc1OC)C(=O)N1C=C(c4ccc5c(c4)OCO5)CC1C=N3)N=CC1CC(c3ccc(N)cc3)=CN1C2=O. The van der Waals surface area contributed by atoms with Gasteiger partial charge >= 0.3 is 0 Å². The highest BCUT2D eigenvalue weighted by Crippen LogP contribution is 2.43. The summed E-state index contributed by atoms with van der Waals surface area (Å²) in [5, 5.41) is 0. The Hall–Kier alpha value is -6.76. The number of nitrogens with zero attached hydrogens (tertiary/aromatic N) is 4. The second kappa shape index (κ2) is 13.9. The zero-order valence-corrected chi connectivity index (χ0v) is 30.2. The maximum atomic E-state index is 13.8. The quantitative estimate of drug-likeness (QED) is 0.137. The molecule has 5 aliphatic heterocycles. The Morgan fingerprint density at radius 2 is 1.20 bits per heavy atom. The molecule has 13 heteroatoms. The first-order valence-corrected chi connectivity index (χ1v) is 18.0. The third kappa shape index (κ3) is 6.26. The van der Waals surface area contributed by atoms with Crippen molar-refractivity contribution >= 4 is 52.5 Å². The zero-order chi connectivity index (χ0) is 37.6. The van der Waals surface area contributed by atoms with Gasteiger partial charge in [0.1, 0.15) is 0 Å². The molecule has 5 heterocycles. The minimum Gasteiger partial charge on any atom is -0.493 e. The van der Waals surface area contributed by atoms with Crippen LogP contribution in [0.25, 0.3) is 11.1 Å². The molecule has 13 nitrogen and oxygen atoms in total. The molecule has 2 atom stereocenters. The van der Waals surface area contributed by atoms with Crippen LogP contribution < -0.4 is 34.2 Å². The largest absolute Gasteiger partial charge is 0.493 e. The van der Waals surface area contributed by atoms with Crippen molar-refractivity contribution in [1.29, 1.82) is 0 Å². The van der Waals surface area contributed by atoms with Crippen molar-refractivity contribution in [3.8, 4) is 34.5 Å². The van der Waals surface area contributed by atoms with E-state index in [1.807, 2.05) is 54.9 Å². The van der Waals surface area contributed by atoms with Gasteiger partial charge < -0.3 is 44.0 Å². The number of nitrogens with two attached hydrogens (primary N) is 1. The molecule has 4 aromatic carbocycles. The van der Waals surface area contributed by atoms with Crippen molar-refractivity contribution in [2.75, 3.05) is 40.0 Å². The Morgan fingerprint density at radius 1 is 0.673 bits per heavy atom. The first-order valence-electron chi connectivity index (χ1n) is 18.0. The Kier molecular flexibility index (Phi) is 8.60. The highest BCUT2D eigenvalue weighted by molar-refractivity contribution is 6.06. The number of fused-ring (bicyclic) bond motifs is 5. The second-order valence-corrected chi connectivity index (χ2v) is 13.6. The fourth-order valence-corrected chi connectivity index (χ4v) is 7.36. The van der Waals surface area contributed by atoms with Gasteiger partial charge in [-0.2, -0.15) is 0 Å². The third-order valence-corrected chi connectivity index (χ3v) is 10.3. The predicted octanol–water partition coefficient (Wildman–Crippen LogP) is 6.81. The fraction of sp³-hybridized carbons (Fsp3) is 0.238. The topological polar surface area (TPSA) is 147 Å². The van der Waals surface area contributed by atoms with Gasteiger partial charge in [-0.15, -0.1) is 0 Å². The first kappa shape index (κ1) is 34.0. The summed E-state index contributed by atoms with van der Waals surface area (Å²) in [4.78, 5) is 40.3. The molecule has 0 spiro atoms. The van der Waals surface area contributed by atoms with E-state index in [0.717, 1.165) is 22.3 Å². The van der Waals surface area contributed by atoms with Gasteiger partial charge in [0.05, 0.1) is 62.0 Å². The average molecular weight is 740 g/mol. The van der Waals surface area contributed by atoms with E-state index in [1.165, 1.54) is 14.2 Å². The van der Waals surface area contributed by atoms with Crippen LogP contribution in [0, 0.1) is 0 Å². The van der Waals surface area contributed by atoms with Crippen LogP contribution in [0.1, 0.15) is 51.1 Å². The molecule has 2 amide bonds. The number of hydrogen-bond donors (Lipinski definition) is 1. The number of carbonyl (C=O) groups is 2. The number of rotatable bonds is 10. The second-order valence-electron chi connectivity index (χ2n) is 13.6. The molecule has 0 aliphatic carbocycles. The summed E-state index contributed by atoms with van der Waals surface area (Å²) < 4.78 is 34.5. The number of methoxy groups -OCH3 is 2. The molecule has 0 bridgehead atoms. The molecule has 4 aromatic rings. The molecule has 5 aliphatic rings. The minimum absolute atomic E-state index is 0.162. The van der Waals surface area contributed by atoms with Crippen LogP contribution in [0.5, 0.6) is 34.5 Å². The molecule has 2 unspecified atom stereocenters. The lowest BCUT2D eigenvalue weighted by Gasteiger charge is -2.19. The van der Waals surface area contributed by atoms with E-state index in [4.69, 9.17) is 44.1 Å². The van der Waals surface area contributed by atoms with Gasteiger partial charge in [-0.05, 0) is 58.7 Å². The number of amides is 2. The van der Waals surface area contributed by atoms with Crippen LogP contribution >= 0.6 is 0 Å². The molecule has 55 heavy (non-hydrogen) atoms. The molecule has 0 saturated heterocycles. The molecule has 0 saturated carbocycles. The van der Waals surface area contributed by atoms with Gasteiger partial charge in [-0.1, -0.05) is 18.2 Å². The highest BCUT2D eigenvalue weighted by atomic mass is 16.7. The molecule has 2 N–H and O–H groups in total. The van der Waals surface area contributed by atoms with Gasteiger partial charge in [0, 0.05) is 61.9 Å². The van der Waals surface area contributed by atoms with Gasteiger partial charge in [-0.3, -0.25) is 19.6 Å². The normalized spacial score (nSPS) is 18.8. The van der Waals surface area contributed by atoms with E-state index in [2.05, 4.69) is 0 Å². The van der Waals surface area contributed by atoms with E-state index >= 15 is 0 Å². The van der Waals surface area contributed by atoms with E-state index < -0.39 is 0 Å². The van der Waals surface area contributed by atoms with E-state index in [9.17, 15) is 9.59 Å². The molecular formula is C42H37N5O8. The van der Waals surface area contributed by atoms with Crippen LogP contribution in [-0.2, 0) is 0 Å². The molecule has 278 valence electrons. The molecule has 0 aromatic heterocycles.